The van der Waals surface area contributed by atoms with Crippen LogP contribution in [0.25, 0.3) is 0 Å². The van der Waals surface area contributed by atoms with Crippen molar-refractivity contribution in [2.75, 3.05) is 26.0 Å². The van der Waals surface area contributed by atoms with Crippen LogP contribution in [0.5, 0.6) is 5.75 Å². The van der Waals surface area contributed by atoms with Gasteiger partial charge in [-0.05, 0) is 48.0 Å². The van der Waals surface area contributed by atoms with Gasteiger partial charge in [0.2, 0.25) is 0 Å². The van der Waals surface area contributed by atoms with Gasteiger partial charge in [-0.3, -0.25) is 9.59 Å². The van der Waals surface area contributed by atoms with E-state index < -0.39 is 0 Å². The molecule has 0 aliphatic carbocycles. The van der Waals surface area contributed by atoms with Gasteiger partial charge in [-0.15, -0.1) is 0 Å². The Morgan fingerprint density at radius 1 is 0.862 bits per heavy atom. The van der Waals surface area contributed by atoms with Gasteiger partial charge in [0.15, 0.2) is 0 Å². The SMILES string of the molecule is CN(C)C(=O)c1cccc(NC(=O)c2ccc(OCCc3ccccc3)cc2)c1. The highest BCUT2D eigenvalue weighted by molar-refractivity contribution is 6.05. The summed E-state index contributed by atoms with van der Waals surface area (Å²) < 4.78 is 5.75. The summed E-state index contributed by atoms with van der Waals surface area (Å²) in [5, 5.41) is 2.83. The van der Waals surface area contributed by atoms with Crippen molar-refractivity contribution < 1.29 is 14.3 Å². The number of nitrogens with one attached hydrogen (secondary N) is 1. The molecule has 0 bridgehead atoms. The summed E-state index contributed by atoms with van der Waals surface area (Å²) in [6, 6.07) is 24.0. The maximum atomic E-state index is 12.5. The van der Waals surface area contributed by atoms with Crippen molar-refractivity contribution in [2.24, 2.45) is 0 Å². The average Bonchev–Trinajstić information content (AvgIpc) is 2.74. The van der Waals surface area contributed by atoms with Crippen LogP contribution in [0.2, 0.25) is 0 Å². The maximum absolute atomic E-state index is 12.5. The van der Waals surface area contributed by atoms with Crippen molar-refractivity contribution >= 4 is 17.5 Å². The van der Waals surface area contributed by atoms with Crippen LogP contribution in [0.4, 0.5) is 5.69 Å². The summed E-state index contributed by atoms with van der Waals surface area (Å²) >= 11 is 0. The Hall–Kier alpha value is -3.60. The van der Waals surface area contributed by atoms with E-state index in [0.717, 1.165) is 12.2 Å². The highest BCUT2D eigenvalue weighted by Gasteiger charge is 2.11. The predicted molar refractivity (Wildman–Crippen MR) is 114 cm³/mol. The molecule has 3 aromatic carbocycles. The molecule has 0 radical (unpaired) electrons. The van der Waals surface area contributed by atoms with E-state index in [0.29, 0.717) is 23.4 Å². The van der Waals surface area contributed by atoms with Crippen LogP contribution in [0, 0.1) is 0 Å². The largest absolute Gasteiger partial charge is 0.493 e. The Bertz CT molecular complexity index is 967. The molecule has 2 amide bonds. The van der Waals surface area contributed by atoms with E-state index in [-0.39, 0.29) is 11.8 Å². The molecule has 5 nitrogen and oxygen atoms in total. The van der Waals surface area contributed by atoms with Crippen LogP contribution in [-0.2, 0) is 6.42 Å². The number of carbonyl (C=O) groups is 2. The van der Waals surface area contributed by atoms with Crippen molar-refractivity contribution in [3.05, 3.63) is 95.6 Å². The normalized spacial score (nSPS) is 10.3. The van der Waals surface area contributed by atoms with Gasteiger partial charge in [0.25, 0.3) is 11.8 Å². The van der Waals surface area contributed by atoms with Crippen molar-refractivity contribution in [3.8, 4) is 5.75 Å². The quantitative estimate of drug-likeness (QED) is 0.658. The van der Waals surface area contributed by atoms with Crippen molar-refractivity contribution in [3.63, 3.8) is 0 Å². The van der Waals surface area contributed by atoms with Crippen LogP contribution >= 0.6 is 0 Å². The number of hydrogen-bond donors (Lipinski definition) is 1. The van der Waals surface area contributed by atoms with Crippen LogP contribution in [0.15, 0.2) is 78.9 Å². The number of amides is 2. The van der Waals surface area contributed by atoms with Gasteiger partial charge in [0.05, 0.1) is 6.61 Å². The molecule has 29 heavy (non-hydrogen) atoms. The first-order chi connectivity index (χ1) is 14.0. The van der Waals surface area contributed by atoms with Gasteiger partial charge >= 0.3 is 0 Å². The second-order valence-corrected chi connectivity index (χ2v) is 6.84. The Labute approximate surface area is 170 Å². The van der Waals surface area contributed by atoms with Gasteiger partial charge in [-0.1, -0.05) is 36.4 Å². The van der Waals surface area contributed by atoms with Gasteiger partial charge in [0.1, 0.15) is 5.75 Å². The molecule has 3 rings (SSSR count). The minimum atomic E-state index is -0.240. The standard InChI is InChI=1S/C24H24N2O3/c1-26(2)24(28)20-9-6-10-21(17-20)25-23(27)19-11-13-22(14-12-19)29-16-15-18-7-4-3-5-8-18/h3-14,17H,15-16H2,1-2H3,(H,25,27). The fourth-order valence-electron chi connectivity index (χ4n) is 2.83. The van der Waals surface area contributed by atoms with Gasteiger partial charge in [-0.25, -0.2) is 0 Å². The fourth-order valence-corrected chi connectivity index (χ4v) is 2.83. The molecule has 5 heteroatoms. The van der Waals surface area contributed by atoms with E-state index in [4.69, 9.17) is 4.74 Å². The number of nitrogens with zero attached hydrogens (tertiary/aromatic N) is 1. The summed E-state index contributed by atoms with van der Waals surface area (Å²) in [6.07, 6.45) is 0.824. The molecule has 0 saturated heterocycles. The molecular formula is C24H24N2O3. The lowest BCUT2D eigenvalue weighted by Gasteiger charge is -2.12. The summed E-state index contributed by atoms with van der Waals surface area (Å²) in [5.41, 5.74) is 2.84. The van der Waals surface area contributed by atoms with Gasteiger partial charge in [0, 0.05) is 37.3 Å². The molecule has 0 aliphatic rings. The lowest BCUT2D eigenvalue weighted by atomic mass is 10.1. The van der Waals surface area contributed by atoms with E-state index in [1.165, 1.54) is 10.5 Å². The molecule has 1 N–H and O–H groups in total. The number of benzene rings is 3. The lowest BCUT2D eigenvalue weighted by molar-refractivity contribution is 0.0827. The molecular weight excluding hydrogens is 364 g/mol. The van der Waals surface area contributed by atoms with E-state index in [9.17, 15) is 9.59 Å². The van der Waals surface area contributed by atoms with Gasteiger partial charge in [-0.2, -0.15) is 0 Å². The second kappa shape index (κ2) is 9.55. The van der Waals surface area contributed by atoms with E-state index in [2.05, 4.69) is 17.4 Å². The maximum Gasteiger partial charge on any atom is 0.255 e. The van der Waals surface area contributed by atoms with Crippen LogP contribution in [0.3, 0.4) is 0 Å². The molecule has 0 spiro atoms. The first kappa shape index (κ1) is 20.1. The van der Waals surface area contributed by atoms with E-state index in [1.807, 2.05) is 18.2 Å². The summed E-state index contributed by atoms with van der Waals surface area (Å²) in [4.78, 5) is 26.1. The summed E-state index contributed by atoms with van der Waals surface area (Å²) in [5.74, 6) is 0.365. The summed E-state index contributed by atoms with van der Waals surface area (Å²) in [6.45, 7) is 0.572. The third-order valence-electron chi connectivity index (χ3n) is 4.39. The molecule has 148 valence electrons. The predicted octanol–water partition coefficient (Wildman–Crippen LogP) is 4.26. The van der Waals surface area contributed by atoms with Crippen LogP contribution < -0.4 is 10.1 Å². The molecule has 3 aromatic rings. The Kier molecular flexibility index (Phi) is 6.63. The van der Waals surface area contributed by atoms with E-state index >= 15 is 0 Å². The Balaban J connectivity index is 1.56. The monoisotopic (exact) mass is 388 g/mol. The molecule has 0 aliphatic heterocycles. The topological polar surface area (TPSA) is 58.6 Å². The third-order valence-corrected chi connectivity index (χ3v) is 4.39. The zero-order valence-electron chi connectivity index (χ0n) is 16.6. The highest BCUT2D eigenvalue weighted by Crippen LogP contribution is 2.16. The minimum absolute atomic E-state index is 0.113. The average molecular weight is 388 g/mol. The zero-order chi connectivity index (χ0) is 20.6. The number of anilines is 1. The number of ether oxygens (including phenoxy) is 1. The second-order valence-electron chi connectivity index (χ2n) is 6.84. The zero-order valence-corrected chi connectivity index (χ0v) is 16.6. The smallest absolute Gasteiger partial charge is 0.255 e. The summed E-state index contributed by atoms with van der Waals surface area (Å²) in [7, 11) is 3.38. The highest BCUT2D eigenvalue weighted by atomic mass is 16.5. The van der Waals surface area contributed by atoms with Crippen molar-refractivity contribution in [1.29, 1.82) is 0 Å². The Morgan fingerprint density at radius 2 is 1.59 bits per heavy atom. The fraction of sp³-hybridized carbons (Fsp3) is 0.167. The molecule has 0 atom stereocenters. The molecule has 0 unspecified atom stereocenters. The number of rotatable bonds is 7. The third kappa shape index (κ3) is 5.69. The van der Waals surface area contributed by atoms with Crippen LogP contribution in [-0.4, -0.2) is 37.4 Å². The number of hydrogen-bond acceptors (Lipinski definition) is 3. The molecule has 0 fully saturated rings. The van der Waals surface area contributed by atoms with Gasteiger partial charge < -0.3 is 15.0 Å². The Morgan fingerprint density at radius 3 is 2.28 bits per heavy atom. The van der Waals surface area contributed by atoms with E-state index in [1.54, 1.807) is 62.6 Å². The first-order valence-corrected chi connectivity index (χ1v) is 9.43. The minimum Gasteiger partial charge on any atom is -0.493 e. The molecule has 0 saturated carbocycles. The first-order valence-electron chi connectivity index (χ1n) is 9.43. The number of carbonyl (C=O) groups excluding carboxylic acids is 2. The van der Waals surface area contributed by atoms with Crippen LogP contribution in [0.1, 0.15) is 26.3 Å². The molecule has 0 heterocycles. The lowest BCUT2D eigenvalue weighted by Crippen LogP contribution is -2.21. The van der Waals surface area contributed by atoms with Crippen molar-refractivity contribution in [1.82, 2.24) is 4.90 Å². The van der Waals surface area contributed by atoms with Crippen molar-refractivity contribution in [2.45, 2.75) is 6.42 Å². The molecule has 0 aromatic heterocycles.